The van der Waals surface area contributed by atoms with Crippen molar-refractivity contribution in [3.63, 3.8) is 0 Å². The molecule has 4 nitrogen and oxygen atoms in total. The number of carboxylic acid groups (broad SMARTS) is 1. The first-order chi connectivity index (χ1) is 8.83. The highest BCUT2D eigenvalue weighted by Crippen LogP contribution is 2.36. The number of hydrogen-bond donors (Lipinski definition) is 1. The highest BCUT2D eigenvalue weighted by molar-refractivity contribution is 5.75. The third-order valence-electron chi connectivity index (χ3n) is 4.05. The van der Waals surface area contributed by atoms with Crippen LogP contribution in [0, 0.1) is 11.3 Å². The first-order valence-electron chi connectivity index (χ1n) is 6.44. The third-order valence-corrected chi connectivity index (χ3v) is 4.05. The predicted molar refractivity (Wildman–Crippen MR) is 60.7 cm³/mol. The molecule has 0 aliphatic carbocycles. The minimum absolute atomic E-state index is 0.0928. The quantitative estimate of drug-likeness (QED) is 0.856. The van der Waals surface area contributed by atoms with Crippen LogP contribution in [0.4, 0.5) is 13.2 Å². The number of hydrogen-bond acceptors (Lipinski definition) is 3. The lowest BCUT2D eigenvalue weighted by atomic mass is 9.85. The zero-order valence-corrected chi connectivity index (χ0v) is 10.6. The molecule has 0 spiro atoms. The molecule has 2 heterocycles. The number of alkyl halides is 3. The maximum atomic E-state index is 12.7. The summed E-state index contributed by atoms with van der Waals surface area (Å²) in [4.78, 5) is 13.0. The Bertz CT molecular complexity index is 340. The molecule has 2 fully saturated rings. The van der Waals surface area contributed by atoms with Gasteiger partial charge in [0, 0.05) is 19.7 Å². The summed E-state index contributed by atoms with van der Waals surface area (Å²) >= 11 is 0. The standard InChI is InChI=1S/C12H18F3NO3/c13-12(14,15)9-2-1-4-16(6-9)7-11(10(17)18)3-5-19-8-11/h9H,1-8H2,(H,17,18). The van der Waals surface area contributed by atoms with Crippen LogP contribution in [0.2, 0.25) is 0 Å². The molecule has 0 bridgehead atoms. The van der Waals surface area contributed by atoms with Gasteiger partial charge in [0.25, 0.3) is 0 Å². The minimum Gasteiger partial charge on any atom is -0.481 e. The molecule has 0 aromatic carbocycles. The first kappa shape index (κ1) is 14.6. The Morgan fingerprint density at radius 2 is 2.21 bits per heavy atom. The SMILES string of the molecule is O=C(O)C1(CN2CCCC(C(F)(F)F)C2)CCOC1. The molecule has 110 valence electrons. The van der Waals surface area contributed by atoms with Crippen molar-refractivity contribution < 1.29 is 27.8 Å². The predicted octanol–water partition coefficient (Wildman–Crippen LogP) is 1.75. The molecule has 2 saturated heterocycles. The molecule has 0 radical (unpaired) electrons. The molecule has 0 amide bonds. The van der Waals surface area contributed by atoms with E-state index in [0.717, 1.165) is 0 Å². The second-order valence-electron chi connectivity index (χ2n) is 5.50. The van der Waals surface area contributed by atoms with Gasteiger partial charge < -0.3 is 14.7 Å². The van der Waals surface area contributed by atoms with Crippen LogP contribution in [0.25, 0.3) is 0 Å². The van der Waals surface area contributed by atoms with Crippen molar-refractivity contribution in [1.29, 1.82) is 0 Å². The summed E-state index contributed by atoms with van der Waals surface area (Å²) in [7, 11) is 0. The van der Waals surface area contributed by atoms with Gasteiger partial charge in [0.15, 0.2) is 0 Å². The van der Waals surface area contributed by atoms with Crippen molar-refractivity contribution >= 4 is 5.97 Å². The fourth-order valence-corrected chi connectivity index (χ4v) is 2.86. The van der Waals surface area contributed by atoms with Crippen molar-refractivity contribution in [2.24, 2.45) is 11.3 Å². The largest absolute Gasteiger partial charge is 0.481 e. The molecule has 2 atom stereocenters. The number of carboxylic acids is 1. The number of nitrogens with zero attached hydrogens (tertiary/aromatic N) is 1. The van der Waals surface area contributed by atoms with Crippen LogP contribution in [0.3, 0.4) is 0 Å². The van der Waals surface area contributed by atoms with E-state index >= 15 is 0 Å². The summed E-state index contributed by atoms with van der Waals surface area (Å²) in [5.74, 6) is -2.31. The number of aliphatic carboxylic acids is 1. The number of piperidine rings is 1. The number of ether oxygens (including phenoxy) is 1. The Morgan fingerprint density at radius 3 is 2.74 bits per heavy atom. The summed E-state index contributed by atoms with van der Waals surface area (Å²) in [6.45, 7) is 1.04. The van der Waals surface area contributed by atoms with Gasteiger partial charge in [-0.1, -0.05) is 0 Å². The normalized spacial score (nSPS) is 33.5. The lowest BCUT2D eigenvalue weighted by Gasteiger charge is -2.37. The number of carbonyl (C=O) groups is 1. The Labute approximate surface area is 109 Å². The van der Waals surface area contributed by atoms with Crippen LogP contribution < -0.4 is 0 Å². The van der Waals surface area contributed by atoms with Gasteiger partial charge in [-0.15, -0.1) is 0 Å². The molecule has 2 aliphatic heterocycles. The summed E-state index contributed by atoms with van der Waals surface area (Å²) < 4.78 is 43.3. The van der Waals surface area contributed by atoms with Gasteiger partial charge in [0.2, 0.25) is 0 Å². The monoisotopic (exact) mass is 281 g/mol. The van der Waals surface area contributed by atoms with Gasteiger partial charge in [-0.2, -0.15) is 13.2 Å². The molecule has 0 aromatic heterocycles. The molecule has 2 rings (SSSR count). The minimum atomic E-state index is -4.19. The Kier molecular flexibility index (Phi) is 4.06. The summed E-state index contributed by atoms with van der Waals surface area (Å²) in [5, 5.41) is 9.29. The number of rotatable bonds is 3. The summed E-state index contributed by atoms with van der Waals surface area (Å²) in [6, 6.07) is 0. The van der Waals surface area contributed by atoms with Crippen LogP contribution in [0.5, 0.6) is 0 Å². The van der Waals surface area contributed by atoms with Crippen LogP contribution in [-0.2, 0) is 9.53 Å². The first-order valence-corrected chi connectivity index (χ1v) is 6.44. The van der Waals surface area contributed by atoms with Crippen molar-refractivity contribution in [2.75, 3.05) is 32.8 Å². The van der Waals surface area contributed by atoms with E-state index in [1.165, 1.54) is 0 Å². The zero-order chi connectivity index (χ0) is 14.1. The lowest BCUT2D eigenvalue weighted by molar-refractivity contribution is -0.188. The summed E-state index contributed by atoms with van der Waals surface area (Å²) in [6.07, 6.45) is -3.23. The number of halogens is 3. The van der Waals surface area contributed by atoms with Gasteiger partial charge in [-0.05, 0) is 25.8 Å². The zero-order valence-electron chi connectivity index (χ0n) is 10.6. The maximum Gasteiger partial charge on any atom is 0.393 e. The molecule has 2 aliphatic rings. The van der Waals surface area contributed by atoms with Crippen LogP contribution in [0.15, 0.2) is 0 Å². The second kappa shape index (κ2) is 5.28. The van der Waals surface area contributed by atoms with Gasteiger partial charge >= 0.3 is 12.1 Å². The van der Waals surface area contributed by atoms with E-state index in [9.17, 15) is 23.1 Å². The van der Waals surface area contributed by atoms with Gasteiger partial charge in [-0.25, -0.2) is 0 Å². The van der Waals surface area contributed by atoms with Gasteiger partial charge in [0.1, 0.15) is 5.41 Å². The van der Waals surface area contributed by atoms with Crippen LogP contribution in [-0.4, -0.2) is 55.0 Å². The molecule has 2 unspecified atom stereocenters. The summed E-state index contributed by atoms with van der Waals surface area (Å²) in [5.41, 5.74) is -1.03. The Balaban J connectivity index is 2.00. The number of likely N-dealkylation sites (tertiary alicyclic amines) is 1. The van der Waals surface area contributed by atoms with E-state index in [4.69, 9.17) is 4.74 Å². The fourth-order valence-electron chi connectivity index (χ4n) is 2.86. The Hall–Kier alpha value is -0.820. The lowest BCUT2D eigenvalue weighted by Crippen LogP contribution is -2.49. The van der Waals surface area contributed by atoms with Gasteiger partial charge in [-0.3, -0.25) is 4.79 Å². The molecular formula is C12H18F3NO3. The molecular weight excluding hydrogens is 263 g/mol. The topological polar surface area (TPSA) is 49.8 Å². The third kappa shape index (κ3) is 3.20. The van der Waals surface area contributed by atoms with E-state index in [1.54, 1.807) is 4.90 Å². The average Bonchev–Trinajstić information content (AvgIpc) is 2.78. The van der Waals surface area contributed by atoms with E-state index < -0.39 is 23.5 Å². The molecule has 1 N–H and O–H groups in total. The second-order valence-corrected chi connectivity index (χ2v) is 5.50. The highest BCUT2D eigenvalue weighted by Gasteiger charge is 2.47. The molecule has 7 heteroatoms. The van der Waals surface area contributed by atoms with Crippen LogP contribution in [0.1, 0.15) is 19.3 Å². The van der Waals surface area contributed by atoms with E-state index in [0.29, 0.717) is 26.0 Å². The fraction of sp³-hybridized carbons (Fsp3) is 0.917. The van der Waals surface area contributed by atoms with Crippen molar-refractivity contribution in [1.82, 2.24) is 4.90 Å². The molecule has 19 heavy (non-hydrogen) atoms. The maximum absolute atomic E-state index is 12.7. The smallest absolute Gasteiger partial charge is 0.393 e. The van der Waals surface area contributed by atoms with E-state index in [1.807, 2.05) is 0 Å². The van der Waals surface area contributed by atoms with Crippen LogP contribution >= 0.6 is 0 Å². The van der Waals surface area contributed by atoms with E-state index in [-0.39, 0.29) is 26.1 Å². The van der Waals surface area contributed by atoms with Crippen molar-refractivity contribution in [2.45, 2.75) is 25.4 Å². The van der Waals surface area contributed by atoms with Gasteiger partial charge in [0.05, 0.1) is 12.5 Å². The van der Waals surface area contributed by atoms with Crippen molar-refractivity contribution in [3.8, 4) is 0 Å². The average molecular weight is 281 g/mol. The Morgan fingerprint density at radius 1 is 1.47 bits per heavy atom. The van der Waals surface area contributed by atoms with E-state index in [2.05, 4.69) is 0 Å². The van der Waals surface area contributed by atoms with Crippen molar-refractivity contribution in [3.05, 3.63) is 0 Å². The molecule has 0 aromatic rings. The molecule has 0 saturated carbocycles. The highest BCUT2D eigenvalue weighted by atomic mass is 19.4.